The fourth-order valence-electron chi connectivity index (χ4n) is 4.49. The van der Waals surface area contributed by atoms with Crippen molar-refractivity contribution in [2.75, 3.05) is 23.9 Å². The molecule has 8 heteroatoms. The zero-order valence-corrected chi connectivity index (χ0v) is 19.3. The molecule has 0 radical (unpaired) electrons. The lowest BCUT2D eigenvalue weighted by atomic mass is 10.0. The largest absolute Gasteiger partial charge is 0.396 e. The van der Waals surface area contributed by atoms with Gasteiger partial charge in [-0.15, -0.1) is 0 Å². The SMILES string of the molecule is CN(C(=O)CC1CCCC1)c1ccc2c(c1)nc(NC(=O)c1ccc(C#N)cc1)n2CCCO. The summed E-state index contributed by atoms with van der Waals surface area (Å²) in [5, 5.41) is 21.2. The molecule has 0 atom stereocenters. The van der Waals surface area contributed by atoms with Crippen molar-refractivity contribution in [2.45, 2.75) is 45.1 Å². The van der Waals surface area contributed by atoms with Crippen LogP contribution in [0.5, 0.6) is 0 Å². The van der Waals surface area contributed by atoms with Gasteiger partial charge in [-0.05, 0) is 67.6 Å². The van der Waals surface area contributed by atoms with Crippen molar-refractivity contribution >= 4 is 34.5 Å². The molecule has 2 amide bonds. The van der Waals surface area contributed by atoms with Gasteiger partial charge in [-0.3, -0.25) is 14.9 Å². The zero-order chi connectivity index (χ0) is 24.1. The number of carbonyl (C=O) groups excluding carboxylic acids is 2. The Balaban J connectivity index is 1.58. The highest BCUT2D eigenvalue weighted by molar-refractivity contribution is 6.04. The van der Waals surface area contributed by atoms with Gasteiger partial charge in [-0.25, -0.2) is 4.98 Å². The zero-order valence-electron chi connectivity index (χ0n) is 19.3. The van der Waals surface area contributed by atoms with Gasteiger partial charge in [0.2, 0.25) is 11.9 Å². The molecular formula is C26H29N5O3. The summed E-state index contributed by atoms with van der Waals surface area (Å²) in [7, 11) is 1.79. The summed E-state index contributed by atoms with van der Waals surface area (Å²) in [5.74, 6) is 0.602. The molecule has 4 rings (SSSR count). The van der Waals surface area contributed by atoms with Gasteiger partial charge in [0.15, 0.2) is 0 Å². The van der Waals surface area contributed by atoms with Crippen LogP contribution in [0.25, 0.3) is 11.0 Å². The molecule has 1 fully saturated rings. The summed E-state index contributed by atoms with van der Waals surface area (Å²) in [4.78, 5) is 31.9. The Hall–Kier alpha value is -3.70. The normalized spacial score (nSPS) is 13.7. The molecule has 1 heterocycles. The van der Waals surface area contributed by atoms with Crippen LogP contribution in [0, 0.1) is 17.2 Å². The Bertz CT molecular complexity index is 1220. The van der Waals surface area contributed by atoms with E-state index in [1.165, 1.54) is 12.8 Å². The molecule has 8 nitrogen and oxygen atoms in total. The molecule has 0 aliphatic heterocycles. The van der Waals surface area contributed by atoms with Crippen LogP contribution in [0.15, 0.2) is 42.5 Å². The van der Waals surface area contributed by atoms with E-state index < -0.39 is 0 Å². The van der Waals surface area contributed by atoms with Crippen LogP contribution in [0.3, 0.4) is 0 Å². The van der Waals surface area contributed by atoms with Gasteiger partial charge in [0.1, 0.15) is 0 Å². The molecule has 2 aromatic carbocycles. The number of imidazole rings is 1. The Morgan fingerprint density at radius 3 is 2.62 bits per heavy atom. The van der Waals surface area contributed by atoms with Gasteiger partial charge in [0.25, 0.3) is 5.91 Å². The molecule has 0 spiro atoms. The third-order valence-corrected chi connectivity index (χ3v) is 6.47. The van der Waals surface area contributed by atoms with Crippen molar-refractivity contribution in [3.8, 4) is 6.07 Å². The van der Waals surface area contributed by atoms with Crippen LogP contribution in [0.2, 0.25) is 0 Å². The Morgan fingerprint density at radius 2 is 1.94 bits per heavy atom. The smallest absolute Gasteiger partial charge is 0.257 e. The summed E-state index contributed by atoms with van der Waals surface area (Å²) in [5.41, 5.74) is 3.12. The monoisotopic (exact) mass is 459 g/mol. The third kappa shape index (κ3) is 5.10. The van der Waals surface area contributed by atoms with Crippen molar-refractivity contribution in [3.63, 3.8) is 0 Å². The number of aliphatic hydroxyl groups excluding tert-OH is 1. The van der Waals surface area contributed by atoms with Crippen LogP contribution in [0.1, 0.15) is 54.4 Å². The minimum absolute atomic E-state index is 0.0131. The van der Waals surface area contributed by atoms with Crippen molar-refractivity contribution in [2.24, 2.45) is 5.92 Å². The fourth-order valence-corrected chi connectivity index (χ4v) is 4.49. The van der Waals surface area contributed by atoms with Gasteiger partial charge in [-0.2, -0.15) is 5.26 Å². The number of aromatic nitrogens is 2. The number of hydrogen-bond acceptors (Lipinski definition) is 5. The van der Waals surface area contributed by atoms with E-state index in [4.69, 9.17) is 5.26 Å². The maximum absolute atomic E-state index is 12.8. The molecular weight excluding hydrogens is 430 g/mol. The highest BCUT2D eigenvalue weighted by Gasteiger charge is 2.22. The predicted octanol–water partition coefficient (Wildman–Crippen LogP) is 4.09. The number of anilines is 2. The maximum atomic E-state index is 12.8. The first kappa shape index (κ1) is 23.5. The maximum Gasteiger partial charge on any atom is 0.257 e. The lowest BCUT2D eigenvalue weighted by Crippen LogP contribution is -2.27. The number of hydrogen-bond donors (Lipinski definition) is 2. The standard InChI is InChI=1S/C26H29N5O3/c1-30(24(33)15-18-5-2-3-6-18)21-11-12-23-22(16-21)28-26(31(23)13-4-14-32)29-25(34)20-9-7-19(17-27)8-10-20/h7-12,16,18,32H,2-6,13-15H2,1H3,(H,28,29,34). The lowest BCUT2D eigenvalue weighted by Gasteiger charge is -2.19. The van der Waals surface area contributed by atoms with Crippen LogP contribution in [-0.2, 0) is 11.3 Å². The first-order valence-corrected chi connectivity index (χ1v) is 11.7. The average molecular weight is 460 g/mol. The van der Waals surface area contributed by atoms with Crippen molar-refractivity contribution in [3.05, 3.63) is 53.6 Å². The quantitative estimate of drug-likeness (QED) is 0.527. The van der Waals surface area contributed by atoms with Gasteiger partial charge in [0, 0.05) is 37.9 Å². The number of nitriles is 1. The summed E-state index contributed by atoms with van der Waals surface area (Å²) >= 11 is 0. The molecule has 0 saturated heterocycles. The fraction of sp³-hybridized carbons (Fsp3) is 0.385. The van der Waals surface area contributed by atoms with Crippen LogP contribution >= 0.6 is 0 Å². The molecule has 1 aliphatic rings. The van der Waals surface area contributed by atoms with E-state index in [0.29, 0.717) is 47.9 Å². The van der Waals surface area contributed by atoms with Gasteiger partial charge in [0.05, 0.1) is 22.7 Å². The Labute approximate surface area is 198 Å². The molecule has 0 unspecified atom stereocenters. The molecule has 2 N–H and O–H groups in total. The molecule has 34 heavy (non-hydrogen) atoms. The third-order valence-electron chi connectivity index (χ3n) is 6.47. The van der Waals surface area contributed by atoms with E-state index in [0.717, 1.165) is 24.0 Å². The number of amides is 2. The molecule has 0 bridgehead atoms. The predicted molar refractivity (Wildman–Crippen MR) is 131 cm³/mol. The first-order valence-electron chi connectivity index (χ1n) is 11.7. The van der Waals surface area contributed by atoms with E-state index >= 15 is 0 Å². The van der Waals surface area contributed by atoms with Crippen molar-refractivity contribution in [1.82, 2.24) is 9.55 Å². The minimum atomic E-state index is -0.339. The van der Waals surface area contributed by atoms with E-state index in [-0.39, 0.29) is 18.4 Å². The highest BCUT2D eigenvalue weighted by Crippen LogP contribution is 2.30. The molecule has 1 aliphatic carbocycles. The van der Waals surface area contributed by atoms with Gasteiger partial charge < -0.3 is 14.6 Å². The molecule has 1 saturated carbocycles. The summed E-state index contributed by atoms with van der Waals surface area (Å²) < 4.78 is 1.86. The van der Waals surface area contributed by atoms with Crippen molar-refractivity contribution in [1.29, 1.82) is 5.26 Å². The van der Waals surface area contributed by atoms with Crippen LogP contribution in [-0.4, -0.2) is 40.1 Å². The number of nitrogens with zero attached hydrogens (tertiary/aromatic N) is 4. The Kier molecular flexibility index (Phi) is 7.24. The Morgan fingerprint density at radius 1 is 1.21 bits per heavy atom. The highest BCUT2D eigenvalue weighted by atomic mass is 16.3. The van der Waals surface area contributed by atoms with Crippen LogP contribution in [0.4, 0.5) is 11.6 Å². The minimum Gasteiger partial charge on any atom is -0.396 e. The first-order chi connectivity index (χ1) is 16.5. The van der Waals surface area contributed by atoms with E-state index in [1.807, 2.05) is 28.8 Å². The van der Waals surface area contributed by atoms with E-state index in [9.17, 15) is 14.7 Å². The van der Waals surface area contributed by atoms with Crippen molar-refractivity contribution < 1.29 is 14.7 Å². The van der Waals surface area contributed by atoms with Gasteiger partial charge >= 0.3 is 0 Å². The summed E-state index contributed by atoms with van der Waals surface area (Å²) in [6.45, 7) is 0.491. The average Bonchev–Trinajstić information content (AvgIpc) is 3.49. The number of carbonyl (C=O) groups is 2. The van der Waals surface area contributed by atoms with E-state index in [2.05, 4.69) is 10.3 Å². The number of benzene rings is 2. The number of aliphatic hydroxyl groups is 1. The topological polar surface area (TPSA) is 111 Å². The summed E-state index contributed by atoms with van der Waals surface area (Å²) in [6, 6.07) is 14.0. The molecule has 1 aromatic heterocycles. The molecule has 3 aromatic rings. The number of nitrogens with one attached hydrogen (secondary N) is 1. The second-order valence-corrected chi connectivity index (χ2v) is 8.79. The number of aryl methyl sites for hydroxylation is 1. The second-order valence-electron chi connectivity index (χ2n) is 8.79. The summed E-state index contributed by atoms with van der Waals surface area (Å²) in [6.07, 6.45) is 5.72. The van der Waals surface area contributed by atoms with Crippen LogP contribution < -0.4 is 10.2 Å². The van der Waals surface area contributed by atoms with Gasteiger partial charge in [-0.1, -0.05) is 12.8 Å². The number of fused-ring (bicyclic) bond motifs is 1. The number of rotatable bonds is 8. The lowest BCUT2D eigenvalue weighted by molar-refractivity contribution is -0.119. The van der Waals surface area contributed by atoms with E-state index in [1.54, 1.807) is 36.2 Å². The second kappa shape index (κ2) is 10.5. The molecule has 176 valence electrons.